The number of nitrogens with one attached hydrogen (secondary N) is 2. The Bertz CT molecular complexity index is 823. The van der Waals surface area contributed by atoms with Gasteiger partial charge in [0.2, 0.25) is 5.91 Å². The summed E-state index contributed by atoms with van der Waals surface area (Å²) < 4.78 is 11.0. The fourth-order valence-corrected chi connectivity index (χ4v) is 2.83. The summed E-state index contributed by atoms with van der Waals surface area (Å²) in [5.74, 6) is 0.620. The highest BCUT2D eigenvalue weighted by atomic mass is 35.5. The molecule has 0 aromatic heterocycles. The quantitative estimate of drug-likeness (QED) is 0.878. The zero-order valence-electron chi connectivity index (χ0n) is 13.6. The molecule has 2 aromatic rings. The van der Waals surface area contributed by atoms with Gasteiger partial charge in [-0.15, -0.1) is 0 Å². The lowest BCUT2D eigenvalue weighted by atomic mass is 10.1. The SMILES string of the molecule is CNC(=O)c1cccc(NC(=O)Cc2cc(Cl)c3c(c2)OCCO3)c1. The van der Waals surface area contributed by atoms with E-state index in [-0.39, 0.29) is 18.2 Å². The lowest BCUT2D eigenvalue weighted by molar-refractivity contribution is -0.115. The van der Waals surface area contributed by atoms with Crippen molar-refractivity contribution >= 4 is 29.1 Å². The first-order chi connectivity index (χ1) is 12.1. The maximum absolute atomic E-state index is 12.3. The molecule has 0 fully saturated rings. The zero-order chi connectivity index (χ0) is 17.8. The van der Waals surface area contributed by atoms with E-state index >= 15 is 0 Å². The van der Waals surface area contributed by atoms with Crippen molar-refractivity contribution in [1.29, 1.82) is 0 Å². The Balaban J connectivity index is 1.71. The second kappa shape index (κ2) is 7.44. The molecule has 25 heavy (non-hydrogen) atoms. The van der Waals surface area contributed by atoms with Gasteiger partial charge in [-0.05, 0) is 35.9 Å². The van der Waals surface area contributed by atoms with Crippen LogP contribution < -0.4 is 20.1 Å². The highest BCUT2D eigenvalue weighted by Crippen LogP contribution is 2.38. The Hall–Kier alpha value is -2.73. The highest BCUT2D eigenvalue weighted by molar-refractivity contribution is 6.32. The van der Waals surface area contributed by atoms with Gasteiger partial charge in [0.05, 0.1) is 11.4 Å². The van der Waals surface area contributed by atoms with Crippen LogP contribution in [0.2, 0.25) is 5.02 Å². The summed E-state index contributed by atoms with van der Waals surface area (Å²) in [5.41, 5.74) is 1.74. The van der Waals surface area contributed by atoms with Crippen molar-refractivity contribution in [3.63, 3.8) is 0 Å². The molecule has 2 amide bonds. The Labute approximate surface area is 150 Å². The maximum atomic E-state index is 12.3. The summed E-state index contributed by atoms with van der Waals surface area (Å²) in [6, 6.07) is 10.2. The molecule has 130 valence electrons. The molecule has 6 nitrogen and oxygen atoms in total. The molecule has 0 atom stereocenters. The van der Waals surface area contributed by atoms with Gasteiger partial charge >= 0.3 is 0 Å². The van der Waals surface area contributed by atoms with Crippen LogP contribution in [0.1, 0.15) is 15.9 Å². The fraction of sp³-hybridized carbons (Fsp3) is 0.222. The molecule has 1 heterocycles. The van der Waals surface area contributed by atoms with Gasteiger partial charge in [0.15, 0.2) is 11.5 Å². The number of fused-ring (bicyclic) bond motifs is 1. The van der Waals surface area contributed by atoms with Crippen molar-refractivity contribution in [2.75, 3.05) is 25.6 Å². The smallest absolute Gasteiger partial charge is 0.251 e. The van der Waals surface area contributed by atoms with Gasteiger partial charge in [-0.1, -0.05) is 17.7 Å². The molecular formula is C18H17ClN2O4. The van der Waals surface area contributed by atoms with Crippen LogP contribution in [0.25, 0.3) is 0 Å². The molecule has 0 unspecified atom stereocenters. The first kappa shape index (κ1) is 17.1. The summed E-state index contributed by atoms with van der Waals surface area (Å²) in [6.07, 6.45) is 0.126. The number of benzene rings is 2. The lowest BCUT2D eigenvalue weighted by Gasteiger charge is -2.20. The van der Waals surface area contributed by atoms with Gasteiger partial charge < -0.3 is 20.1 Å². The monoisotopic (exact) mass is 360 g/mol. The minimum Gasteiger partial charge on any atom is -0.486 e. The van der Waals surface area contributed by atoms with Crippen molar-refractivity contribution < 1.29 is 19.1 Å². The molecule has 0 aliphatic carbocycles. The summed E-state index contributed by atoms with van der Waals surface area (Å²) >= 11 is 6.18. The Kier molecular flexibility index (Phi) is 5.09. The van der Waals surface area contributed by atoms with E-state index in [9.17, 15) is 9.59 Å². The minimum atomic E-state index is -0.221. The van der Waals surface area contributed by atoms with E-state index in [1.807, 2.05) is 0 Å². The molecule has 0 radical (unpaired) electrons. The number of hydrogen-bond acceptors (Lipinski definition) is 4. The van der Waals surface area contributed by atoms with Crippen LogP contribution in [-0.2, 0) is 11.2 Å². The predicted molar refractivity (Wildman–Crippen MR) is 94.6 cm³/mol. The summed E-state index contributed by atoms with van der Waals surface area (Å²) in [6.45, 7) is 0.902. The molecule has 1 aliphatic rings. The van der Waals surface area contributed by atoms with Crippen molar-refractivity contribution in [3.8, 4) is 11.5 Å². The average Bonchev–Trinajstić information content (AvgIpc) is 2.61. The lowest BCUT2D eigenvalue weighted by Crippen LogP contribution is -2.19. The molecule has 0 saturated heterocycles. The van der Waals surface area contributed by atoms with Crippen molar-refractivity contribution in [3.05, 3.63) is 52.5 Å². The summed E-state index contributed by atoms with van der Waals surface area (Å²) in [4.78, 5) is 23.9. The van der Waals surface area contributed by atoms with Crippen LogP contribution in [0.5, 0.6) is 11.5 Å². The highest BCUT2D eigenvalue weighted by Gasteiger charge is 2.17. The Morgan fingerprint density at radius 1 is 1.16 bits per heavy atom. The van der Waals surface area contributed by atoms with Crippen LogP contribution in [-0.4, -0.2) is 32.1 Å². The first-order valence-corrected chi connectivity index (χ1v) is 8.14. The maximum Gasteiger partial charge on any atom is 0.251 e. The van der Waals surface area contributed by atoms with Crippen LogP contribution in [0.4, 0.5) is 5.69 Å². The number of amides is 2. The van der Waals surface area contributed by atoms with Crippen molar-refractivity contribution in [2.45, 2.75) is 6.42 Å². The molecule has 0 spiro atoms. The van der Waals surface area contributed by atoms with Crippen molar-refractivity contribution in [1.82, 2.24) is 5.32 Å². The molecule has 1 aliphatic heterocycles. The number of rotatable bonds is 4. The molecule has 0 bridgehead atoms. The van der Waals surface area contributed by atoms with Gasteiger partial charge in [0, 0.05) is 18.3 Å². The number of carbonyl (C=O) groups is 2. The number of carbonyl (C=O) groups excluding carboxylic acids is 2. The zero-order valence-corrected chi connectivity index (χ0v) is 14.4. The van der Waals surface area contributed by atoms with E-state index in [0.29, 0.717) is 46.5 Å². The second-order valence-electron chi connectivity index (χ2n) is 5.49. The molecule has 0 saturated carbocycles. The van der Waals surface area contributed by atoms with E-state index in [1.54, 1.807) is 43.4 Å². The predicted octanol–water partition coefficient (Wildman–Crippen LogP) is 2.65. The largest absolute Gasteiger partial charge is 0.486 e. The number of ether oxygens (including phenoxy) is 2. The molecule has 3 rings (SSSR count). The first-order valence-electron chi connectivity index (χ1n) is 7.77. The third-order valence-electron chi connectivity index (χ3n) is 3.66. The summed E-state index contributed by atoms with van der Waals surface area (Å²) in [7, 11) is 1.55. The van der Waals surface area contributed by atoms with E-state index in [4.69, 9.17) is 21.1 Å². The van der Waals surface area contributed by atoms with Crippen LogP contribution in [0, 0.1) is 0 Å². The van der Waals surface area contributed by atoms with Gasteiger partial charge in [0.1, 0.15) is 13.2 Å². The van der Waals surface area contributed by atoms with E-state index in [0.717, 1.165) is 0 Å². The van der Waals surface area contributed by atoms with Crippen LogP contribution in [0.3, 0.4) is 0 Å². The fourth-order valence-electron chi connectivity index (χ4n) is 2.54. The minimum absolute atomic E-state index is 0.126. The molecule has 2 N–H and O–H groups in total. The number of halogens is 1. The van der Waals surface area contributed by atoms with Crippen molar-refractivity contribution in [2.24, 2.45) is 0 Å². The third-order valence-corrected chi connectivity index (χ3v) is 3.94. The van der Waals surface area contributed by atoms with Gasteiger partial charge in [0.25, 0.3) is 5.91 Å². The Morgan fingerprint density at radius 3 is 2.76 bits per heavy atom. The van der Waals surface area contributed by atoms with Crippen LogP contribution >= 0.6 is 11.6 Å². The number of anilines is 1. The second-order valence-corrected chi connectivity index (χ2v) is 5.89. The average molecular weight is 361 g/mol. The van der Waals surface area contributed by atoms with Gasteiger partial charge in [-0.25, -0.2) is 0 Å². The normalized spacial score (nSPS) is 12.4. The standard InChI is InChI=1S/C18H17ClN2O4/c1-20-18(23)12-3-2-4-13(10-12)21-16(22)9-11-7-14(19)17-15(8-11)24-5-6-25-17/h2-4,7-8,10H,5-6,9H2,1H3,(H,20,23)(H,21,22). The van der Waals surface area contributed by atoms with Gasteiger partial charge in [-0.2, -0.15) is 0 Å². The molecule has 2 aromatic carbocycles. The van der Waals surface area contributed by atoms with E-state index < -0.39 is 0 Å². The third kappa shape index (κ3) is 4.03. The van der Waals surface area contributed by atoms with Gasteiger partial charge in [-0.3, -0.25) is 9.59 Å². The number of hydrogen-bond donors (Lipinski definition) is 2. The topological polar surface area (TPSA) is 76.7 Å². The molecular weight excluding hydrogens is 344 g/mol. The van der Waals surface area contributed by atoms with E-state index in [2.05, 4.69) is 10.6 Å². The van der Waals surface area contributed by atoms with Crippen LogP contribution in [0.15, 0.2) is 36.4 Å². The molecule has 7 heteroatoms. The Morgan fingerprint density at radius 2 is 1.96 bits per heavy atom. The van der Waals surface area contributed by atoms with E-state index in [1.165, 1.54) is 0 Å². The summed E-state index contributed by atoms with van der Waals surface area (Å²) in [5, 5.41) is 5.74.